The molecule has 3 heteroatoms. The molecule has 0 radical (unpaired) electrons. The number of carbonyl (C=O) groups excluding carboxylic acids is 1. The Morgan fingerprint density at radius 3 is 2.58 bits per heavy atom. The van der Waals surface area contributed by atoms with Crippen LogP contribution in [0.4, 0.5) is 5.69 Å². The molecule has 1 rings (SSSR count). The number of anilines is 1. The summed E-state index contributed by atoms with van der Waals surface area (Å²) in [6.45, 7) is 9.12. The number of carbonyl (C=O) groups is 1. The number of hydrogen-bond acceptors (Lipinski definition) is 2. The Bertz CT molecular complexity index is 429. The summed E-state index contributed by atoms with van der Waals surface area (Å²) in [5.74, 6) is 0.0921. The van der Waals surface area contributed by atoms with Crippen molar-refractivity contribution in [1.29, 1.82) is 0 Å². The number of nitrogen functional groups attached to an aromatic ring is 1. The molecular weight excluding hydrogens is 236 g/mol. The van der Waals surface area contributed by atoms with Crippen LogP contribution in [0.25, 0.3) is 0 Å². The van der Waals surface area contributed by atoms with Crippen molar-refractivity contribution >= 4 is 11.6 Å². The predicted molar refractivity (Wildman–Crippen MR) is 81.3 cm³/mol. The second-order valence-electron chi connectivity index (χ2n) is 5.18. The average Bonchev–Trinajstić information content (AvgIpc) is 2.41. The fraction of sp³-hybridized carbons (Fsp3) is 0.562. The summed E-state index contributed by atoms with van der Waals surface area (Å²) in [5.41, 5.74) is 8.29. The van der Waals surface area contributed by atoms with Crippen LogP contribution in [0.15, 0.2) is 18.2 Å². The van der Waals surface area contributed by atoms with E-state index in [1.54, 1.807) is 6.07 Å². The average molecular weight is 262 g/mol. The lowest BCUT2D eigenvalue weighted by Gasteiger charge is -2.29. The number of aryl methyl sites for hydroxylation is 1. The Morgan fingerprint density at radius 2 is 2.05 bits per heavy atom. The molecule has 1 aromatic rings. The Hall–Kier alpha value is -1.51. The molecule has 0 aliphatic carbocycles. The molecule has 19 heavy (non-hydrogen) atoms. The smallest absolute Gasteiger partial charge is 0.254 e. The fourth-order valence-corrected chi connectivity index (χ4v) is 2.01. The van der Waals surface area contributed by atoms with Crippen molar-refractivity contribution in [1.82, 2.24) is 4.90 Å². The van der Waals surface area contributed by atoms with E-state index in [0.29, 0.717) is 11.3 Å². The molecule has 1 amide bonds. The van der Waals surface area contributed by atoms with E-state index >= 15 is 0 Å². The Kier molecular flexibility index (Phi) is 5.87. The molecule has 0 saturated heterocycles. The predicted octanol–water partition coefficient (Wildman–Crippen LogP) is 3.62. The quantitative estimate of drug-likeness (QED) is 0.796. The number of amides is 1. The molecule has 0 aliphatic rings. The molecule has 0 spiro atoms. The number of benzene rings is 1. The van der Waals surface area contributed by atoms with E-state index < -0.39 is 0 Å². The number of nitrogens with zero attached hydrogens (tertiary/aromatic N) is 1. The number of nitrogens with two attached hydrogens (primary N) is 1. The third-order valence-corrected chi connectivity index (χ3v) is 3.66. The first-order chi connectivity index (χ1) is 9.01. The van der Waals surface area contributed by atoms with Crippen LogP contribution in [0, 0.1) is 6.92 Å². The van der Waals surface area contributed by atoms with Crippen LogP contribution in [-0.2, 0) is 0 Å². The largest absolute Gasteiger partial charge is 0.398 e. The van der Waals surface area contributed by atoms with Crippen LogP contribution in [0.3, 0.4) is 0 Å². The van der Waals surface area contributed by atoms with Crippen LogP contribution >= 0.6 is 0 Å². The lowest BCUT2D eigenvalue weighted by atomic mass is 10.1. The summed E-state index contributed by atoms with van der Waals surface area (Å²) < 4.78 is 0. The zero-order valence-corrected chi connectivity index (χ0v) is 12.6. The van der Waals surface area contributed by atoms with Crippen LogP contribution in [-0.4, -0.2) is 23.4 Å². The van der Waals surface area contributed by atoms with Gasteiger partial charge in [-0.1, -0.05) is 26.3 Å². The fourth-order valence-electron chi connectivity index (χ4n) is 2.01. The molecule has 0 fully saturated rings. The highest BCUT2D eigenvalue weighted by atomic mass is 16.2. The first-order valence-electron chi connectivity index (χ1n) is 7.18. The molecule has 1 atom stereocenters. The summed E-state index contributed by atoms with van der Waals surface area (Å²) >= 11 is 0. The van der Waals surface area contributed by atoms with Gasteiger partial charge in [-0.2, -0.15) is 0 Å². The molecule has 3 nitrogen and oxygen atoms in total. The minimum atomic E-state index is 0.0921. The van der Waals surface area contributed by atoms with Gasteiger partial charge in [-0.15, -0.1) is 0 Å². The van der Waals surface area contributed by atoms with Crippen LogP contribution in [0.5, 0.6) is 0 Å². The maximum absolute atomic E-state index is 12.6. The highest BCUT2D eigenvalue weighted by Crippen LogP contribution is 2.17. The topological polar surface area (TPSA) is 46.3 Å². The highest BCUT2D eigenvalue weighted by Gasteiger charge is 2.20. The maximum Gasteiger partial charge on any atom is 0.254 e. The van der Waals surface area contributed by atoms with Crippen molar-refractivity contribution in [2.75, 3.05) is 12.3 Å². The van der Waals surface area contributed by atoms with Crippen LogP contribution in [0.2, 0.25) is 0 Å². The monoisotopic (exact) mass is 262 g/mol. The minimum Gasteiger partial charge on any atom is -0.398 e. The highest BCUT2D eigenvalue weighted by molar-refractivity contribution is 5.95. The second kappa shape index (κ2) is 7.17. The van der Waals surface area contributed by atoms with Gasteiger partial charge in [0.1, 0.15) is 0 Å². The zero-order chi connectivity index (χ0) is 14.4. The summed E-state index contributed by atoms with van der Waals surface area (Å²) in [4.78, 5) is 14.6. The number of rotatable bonds is 6. The van der Waals surface area contributed by atoms with E-state index in [1.165, 1.54) is 0 Å². The van der Waals surface area contributed by atoms with Crippen molar-refractivity contribution < 1.29 is 4.79 Å². The molecule has 2 N–H and O–H groups in total. The maximum atomic E-state index is 12.6. The normalized spacial score (nSPS) is 12.2. The minimum absolute atomic E-state index is 0.0921. The van der Waals surface area contributed by atoms with Crippen molar-refractivity contribution in [2.24, 2.45) is 0 Å². The van der Waals surface area contributed by atoms with Gasteiger partial charge < -0.3 is 10.6 Å². The van der Waals surface area contributed by atoms with Gasteiger partial charge in [0.25, 0.3) is 5.91 Å². The molecule has 1 unspecified atom stereocenters. The Balaban J connectivity index is 2.94. The molecule has 0 bridgehead atoms. The SMILES string of the molecule is CCCCN(C(=O)c1ccc(C)c(N)c1)C(C)CC. The van der Waals surface area contributed by atoms with Crippen LogP contribution in [0.1, 0.15) is 56.0 Å². The van der Waals surface area contributed by atoms with Crippen molar-refractivity contribution in [3.63, 3.8) is 0 Å². The summed E-state index contributed by atoms with van der Waals surface area (Å²) in [5, 5.41) is 0. The first kappa shape index (κ1) is 15.5. The van der Waals surface area contributed by atoms with Gasteiger partial charge in [-0.3, -0.25) is 4.79 Å². The van der Waals surface area contributed by atoms with E-state index in [2.05, 4.69) is 20.8 Å². The van der Waals surface area contributed by atoms with Crippen molar-refractivity contribution in [2.45, 2.75) is 53.0 Å². The van der Waals surface area contributed by atoms with Gasteiger partial charge in [-0.05, 0) is 44.4 Å². The summed E-state index contributed by atoms with van der Waals surface area (Å²) in [6, 6.07) is 5.84. The molecule has 0 heterocycles. The van der Waals surface area contributed by atoms with Gasteiger partial charge in [-0.25, -0.2) is 0 Å². The third kappa shape index (κ3) is 3.98. The molecular formula is C16H26N2O. The van der Waals surface area contributed by atoms with Gasteiger partial charge >= 0.3 is 0 Å². The van der Waals surface area contributed by atoms with Gasteiger partial charge in [0.05, 0.1) is 0 Å². The summed E-state index contributed by atoms with van der Waals surface area (Å²) in [6.07, 6.45) is 3.10. The van der Waals surface area contributed by atoms with Gasteiger partial charge in [0.2, 0.25) is 0 Å². The van der Waals surface area contributed by atoms with Crippen LogP contribution < -0.4 is 5.73 Å². The van der Waals surface area contributed by atoms with E-state index in [0.717, 1.165) is 31.4 Å². The van der Waals surface area contributed by atoms with E-state index in [1.807, 2.05) is 24.0 Å². The van der Waals surface area contributed by atoms with Gasteiger partial charge in [0, 0.05) is 23.8 Å². The van der Waals surface area contributed by atoms with Gasteiger partial charge in [0.15, 0.2) is 0 Å². The number of hydrogen-bond donors (Lipinski definition) is 1. The molecule has 1 aromatic carbocycles. The van der Waals surface area contributed by atoms with Crippen molar-refractivity contribution in [3.05, 3.63) is 29.3 Å². The lowest BCUT2D eigenvalue weighted by Crippen LogP contribution is -2.39. The first-order valence-corrected chi connectivity index (χ1v) is 7.18. The molecule has 0 aromatic heterocycles. The number of unbranched alkanes of at least 4 members (excludes halogenated alkanes) is 1. The van der Waals surface area contributed by atoms with E-state index in [-0.39, 0.29) is 11.9 Å². The molecule has 0 saturated carbocycles. The molecule has 106 valence electrons. The lowest BCUT2D eigenvalue weighted by molar-refractivity contribution is 0.0685. The Labute approximate surface area is 116 Å². The third-order valence-electron chi connectivity index (χ3n) is 3.66. The van der Waals surface area contributed by atoms with E-state index in [9.17, 15) is 4.79 Å². The van der Waals surface area contributed by atoms with E-state index in [4.69, 9.17) is 5.73 Å². The molecule has 0 aliphatic heterocycles. The standard InChI is InChI=1S/C16H26N2O/c1-5-7-10-18(13(4)6-2)16(19)14-9-8-12(3)15(17)11-14/h8-9,11,13H,5-7,10,17H2,1-4H3. The zero-order valence-electron chi connectivity index (χ0n) is 12.6. The van der Waals surface area contributed by atoms with Crippen molar-refractivity contribution in [3.8, 4) is 0 Å². The Morgan fingerprint density at radius 1 is 1.37 bits per heavy atom. The second-order valence-corrected chi connectivity index (χ2v) is 5.18. The summed E-state index contributed by atoms with van der Waals surface area (Å²) in [7, 11) is 0.